The molecule has 0 atom stereocenters. The highest BCUT2D eigenvalue weighted by Gasteiger charge is 2.13. The number of pyridine rings is 2. The monoisotopic (exact) mass is 288 g/mol. The lowest BCUT2D eigenvalue weighted by Crippen LogP contribution is -2.13. The van der Waals surface area contributed by atoms with E-state index in [9.17, 15) is 10.1 Å². The Hall–Kier alpha value is -3.26. The Bertz CT molecular complexity index is 941. The maximum atomic E-state index is 11.5. The van der Waals surface area contributed by atoms with Gasteiger partial charge in [-0.25, -0.2) is 0 Å². The number of rotatable bonds is 2. The second-order valence-corrected chi connectivity index (χ2v) is 4.91. The number of carbonyl (C=O) groups is 1. The summed E-state index contributed by atoms with van der Waals surface area (Å²) in [6.45, 7) is 1.79. The first kappa shape index (κ1) is 13.7. The molecule has 2 N–H and O–H groups in total. The van der Waals surface area contributed by atoms with Crippen molar-refractivity contribution in [3.63, 3.8) is 0 Å². The normalized spacial score (nSPS) is 10.4. The zero-order valence-electron chi connectivity index (χ0n) is 11.9. The fraction of sp³-hybridized carbons (Fsp3) is 0.0588. The van der Waals surface area contributed by atoms with Gasteiger partial charge in [-0.1, -0.05) is 6.07 Å². The molecule has 1 amide bonds. The van der Waals surface area contributed by atoms with Crippen molar-refractivity contribution in [1.82, 2.24) is 9.97 Å². The molecule has 3 rings (SSSR count). The summed E-state index contributed by atoms with van der Waals surface area (Å²) in [5, 5.41) is 10.2. The topological polar surface area (TPSA) is 92.7 Å². The molecule has 0 aliphatic rings. The number of carbonyl (C=O) groups excluding carboxylic acids is 1. The summed E-state index contributed by atoms with van der Waals surface area (Å²) in [7, 11) is 0. The van der Waals surface area contributed by atoms with E-state index in [-0.39, 0.29) is 0 Å². The zero-order chi connectivity index (χ0) is 15.7. The molecule has 0 unspecified atom stereocenters. The molecule has 0 saturated heterocycles. The van der Waals surface area contributed by atoms with Gasteiger partial charge in [0, 0.05) is 28.9 Å². The van der Waals surface area contributed by atoms with Gasteiger partial charge in [-0.2, -0.15) is 5.26 Å². The van der Waals surface area contributed by atoms with Crippen LogP contribution in [0.3, 0.4) is 0 Å². The smallest absolute Gasteiger partial charge is 0.249 e. The minimum atomic E-state index is -0.496. The van der Waals surface area contributed by atoms with Crippen molar-refractivity contribution < 1.29 is 4.79 Å². The molecule has 5 nitrogen and oxygen atoms in total. The van der Waals surface area contributed by atoms with Crippen molar-refractivity contribution >= 4 is 16.8 Å². The van der Waals surface area contributed by atoms with Gasteiger partial charge >= 0.3 is 0 Å². The summed E-state index contributed by atoms with van der Waals surface area (Å²) in [5.74, 6) is -0.496. The van der Waals surface area contributed by atoms with Crippen molar-refractivity contribution in [3.8, 4) is 17.3 Å². The van der Waals surface area contributed by atoms with Gasteiger partial charge < -0.3 is 5.73 Å². The van der Waals surface area contributed by atoms with Gasteiger partial charge in [0.1, 0.15) is 6.07 Å². The summed E-state index contributed by atoms with van der Waals surface area (Å²) in [5.41, 5.74) is 9.02. The van der Waals surface area contributed by atoms with Crippen LogP contribution >= 0.6 is 0 Å². The second kappa shape index (κ2) is 5.26. The van der Waals surface area contributed by atoms with Crippen LogP contribution in [0.25, 0.3) is 22.2 Å². The lowest BCUT2D eigenvalue weighted by atomic mass is 9.98. The van der Waals surface area contributed by atoms with E-state index >= 15 is 0 Å². The third kappa shape index (κ3) is 2.17. The number of hydrogen-bond donors (Lipinski definition) is 1. The number of nitrogens with zero attached hydrogens (tertiary/aromatic N) is 3. The van der Waals surface area contributed by atoms with Crippen LogP contribution < -0.4 is 5.73 Å². The maximum Gasteiger partial charge on any atom is 0.249 e. The maximum absolute atomic E-state index is 11.5. The average molecular weight is 288 g/mol. The Labute approximate surface area is 127 Å². The van der Waals surface area contributed by atoms with Crippen molar-refractivity contribution in [1.29, 1.82) is 5.26 Å². The standard InChI is InChI=1S/C17H12N4O/c1-10-14(17(19)22)4-6-21-15(10)12-7-11-3-2-5-20-16(11)13(8-12)9-18/h2-8H,1H3,(H2,19,22). The van der Waals surface area contributed by atoms with E-state index in [1.54, 1.807) is 31.5 Å². The van der Waals surface area contributed by atoms with E-state index in [0.717, 1.165) is 10.9 Å². The first-order chi connectivity index (χ1) is 10.6. The van der Waals surface area contributed by atoms with Crippen LogP contribution in [0.2, 0.25) is 0 Å². The Morgan fingerprint density at radius 1 is 1.23 bits per heavy atom. The summed E-state index contributed by atoms with van der Waals surface area (Å²) < 4.78 is 0. The molecule has 22 heavy (non-hydrogen) atoms. The predicted molar refractivity (Wildman–Crippen MR) is 82.9 cm³/mol. The fourth-order valence-electron chi connectivity index (χ4n) is 2.51. The Balaban J connectivity index is 2.30. The second-order valence-electron chi connectivity index (χ2n) is 4.91. The molecule has 0 radical (unpaired) electrons. The highest BCUT2D eigenvalue weighted by Crippen LogP contribution is 2.28. The molecule has 106 valence electrons. The van der Waals surface area contributed by atoms with Gasteiger partial charge in [-0.3, -0.25) is 14.8 Å². The summed E-state index contributed by atoms with van der Waals surface area (Å²) in [6.07, 6.45) is 3.20. The lowest BCUT2D eigenvalue weighted by Gasteiger charge is -2.10. The number of hydrogen-bond acceptors (Lipinski definition) is 4. The van der Waals surface area contributed by atoms with E-state index in [4.69, 9.17) is 5.73 Å². The number of primary amides is 1. The van der Waals surface area contributed by atoms with Gasteiger partial charge in [-0.05, 0) is 36.8 Å². The van der Waals surface area contributed by atoms with Crippen molar-refractivity contribution in [2.75, 3.05) is 0 Å². The molecular weight excluding hydrogens is 276 g/mol. The van der Waals surface area contributed by atoms with Gasteiger partial charge in [-0.15, -0.1) is 0 Å². The number of benzene rings is 1. The van der Waals surface area contributed by atoms with Crippen LogP contribution in [0.4, 0.5) is 0 Å². The molecule has 5 heteroatoms. The minimum Gasteiger partial charge on any atom is -0.366 e. The van der Waals surface area contributed by atoms with Crippen molar-refractivity contribution in [2.24, 2.45) is 5.73 Å². The summed E-state index contributed by atoms with van der Waals surface area (Å²) in [6, 6.07) is 11.1. The first-order valence-corrected chi connectivity index (χ1v) is 6.66. The third-order valence-corrected chi connectivity index (χ3v) is 3.57. The van der Waals surface area contributed by atoms with Gasteiger partial charge in [0.05, 0.1) is 16.8 Å². The summed E-state index contributed by atoms with van der Waals surface area (Å²) >= 11 is 0. The third-order valence-electron chi connectivity index (χ3n) is 3.57. The molecule has 3 aromatic rings. The van der Waals surface area contributed by atoms with Gasteiger partial charge in [0.15, 0.2) is 0 Å². The minimum absolute atomic E-state index is 0.426. The lowest BCUT2D eigenvalue weighted by molar-refractivity contribution is 0.0999. The highest BCUT2D eigenvalue weighted by atomic mass is 16.1. The molecule has 1 aromatic carbocycles. The van der Waals surface area contributed by atoms with E-state index in [0.29, 0.717) is 27.9 Å². The molecule has 0 aliphatic heterocycles. The predicted octanol–water partition coefficient (Wildman–Crippen LogP) is 2.58. The SMILES string of the molecule is Cc1c(C(N)=O)ccnc1-c1cc(C#N)c2ncccc2c1. The van der Waals surface area contributed by atoms with Crippen LogP contribution in [-0.2, 0) is 0 Å². The van der Waals surface area contributed by atoms with Crippen LogP contribution in [-0.4, -0.2) is 15.9 Å². The van der Waals surface area contributed by atoms with Crippen LogP contribution in [0.5, 0.6) is 0 Å². The van der Waals surface area contributed by atoms with Gasteiger partial charge in [0.25, 0.3) is 0 Å². The first-order valence-electron chi connectivity index (χ1n) is 6.66. The summed E-state index contributed by atoms with van der Waals surface area (Å²) in [4.78, 5) is 20.0. The van der Waals surface area contributed by atoms with E-state index < -0.39 is 5.91 Å². The fourth-order valence-corrected chi connectivity index (χ4v) is 2.51. The quantitative estimate of drug-likeness (QED) is 0.784. The average Bonchev–Trinajstić information content (AvgIpc) is 2.53. The molecule has 0 aliphatic carbocycles. The molecule has 0 saturated carbocycles. The number of fused-ring (bicyclic) bond motifs is 1. The van der Waals surface area contributed by atoms with Crippen LogP contribution in [0, 0.1) is 18.3 Å². The Morgan fingerprint density at radius 3 is 2.77 bits per heavy atom. The number of nitrogens with two attached hydrogens (primary N) is 1. The largest absolute Gasteiger partial charge is 0.366 e. The van der Waals surface area contributed by atoms with E-state index in [2.05, 4.69) is 16.0 Å². The van der Waals surface area contributed by atoms with Crippen molar-refractivity contribution in [2.45, 2.75) is 6.92 Å². The number of amides is 1. The zero-order valence-corrected chi connectivity index (χ0v) is 11.9. The molecule has 0 spiro atoms. The highest BCUT2D eigenvalue weighted by molar-refractivity contribution is 5.96. The molecule has 2 heterocycles. The Kier molecular flexibility index (Phi) is 3.28. The van der Waals surface area contributed by atoms with E-state index in [1.807, 2.05) is 18.2 Å². The number of aromatic nitrogens is 2. The molecular formula is C17H12N4O. The molecule has 0 bridgehead atoms. The van der Waals surface area contributed by atoms with Crippen LogP contribution in [0.15, 0.2) is 42.7 Å². The Morgan fingerprint density at radius 2 is 2.05 bits per heavy atom. The number of nitriles is 1. The van der Waals surface area contributed by atoms with Gasteiger partial charge in [0.2, 0.25) is 5.91 Å². The van der Waals surface area contributed by atoms with Crippen LogP contribution in [0.1, 0.15) is 21.5 Å². The van der Waals surface area contributed by atoms with Crippen molar-refractivity contribution in [3.05, 3.63) is 59.4 Å². The molecule has 0 fully saturated rings. The van der Waals surface area contributed by atoms with E-state index in [1.165, 1.54) is 0 Å². The molecule has 2 aromatic heterocycles.